The van der Waals surface area contributed by atoms with Crippen LogP contribution in [0.4, 0.5) is 4.39 Å². The molecule has 1 aliphatic heterocycles. The van der Waals surface area contributed by atoms with Gasteiger partial charge in [-0.25, -0.2) is 4.39 Å². The van der Waals surface area contributed by atoms with Gasteiger partial charge in [0.2, 0.25) is 0 Å². The number of amides is 1. The Balaban J connectivity index is 1.66. The van der Waals surface area contributed by atoms with E-state index in [1.54, 1.807) is 13.2 Å². The van der Waals surface area contributed by atoms with Crippen LogP contribution in [0.15, 0.2) is 45.9 Å². The van der Waals surface area contributed by atoms with Crippen molar-refractivity contribution in [3.05, 3.63) is 63.4 Å². The van der Waals surface area contributed by atoms with Crippen molar-refractivity contribution >= 4 is 27.8 Å². The molecule has 1 heterocycles. The molecular formula is C24H30BrFN4O2. The normalized spacial score (nSPS) is 16.9. The second-order valence-corrected chi connectivity index (χ2v) is 8.92. The average molecular weight is 505 g/mol. The Labute approximate surface area is 197 Å². The smallest absolute Gasteiger partial charge is 0.258 e. The van der Waals surface area contributed by atoms with Crippen LogP contribution in [0, 0.1) is 5.82 Å². The SMILES string of the molecule is COc1ccc(Br)cc1CCc1c(F)cccc1C(=O)NC(N)=NCCC1CCCN1C. The Morgan fingerprint density at radius 2 is 2.16 bits per heavy atom. The van der Waals surface area contributed by atoms with Crippen molar-refractivity contribution < 1.29 is 13.9 Å². The molecule has 1 unspecified atom stereocenters. The molecule has 3 rings (SSSR count). The number of nitrogens with one attached hydrogen (secondary N) is 1. The number of hydrogen-bond acceptors (Lipinski definition) is 4. The molecule has 0 aromatic heterocycles. The zero-order valence-corrected chi connectivity index (χ0v) is 20.1. The molecule has 0 radical (unpaired) electrons. The number of carbonyl (C=O) groups excluding carboxylic acids is 1. The van der Waals surface area contributed by atoms with E-state index >= 15 is 0 Å². The van der Waals surface area contributed by atoms with Crippen LogP contribution in [0.2, 0.25) is 0 Å². The van der Waals surface area contributed by atoms with Crippen molar-refractivity contribution in [2.75, 3.05) is 27.2 Å². The maximum atomic E-state index is 14.6. The lowest BCUT2D eigenvalue weighted by atomic mass is 9.98. The van der Waals surface area contributed by atoms with Crippen LogP contribution >= 0.6 is 15.9 Å². The lowest BCUT2D eigenvalue weighted by Crippen LogP contribution is -2.37. The molecule has 2 aromatic carbocycles. The van der Waals surface area contributed by atoms with Crippen molar-refractivity contribution in [2.24, 2.45) is 10.7 Å². The van der Waals surface area contributed by atoms with Crippen LogP contribution in [0.1, 0.15) is 40.7 Å². The summed E-state index contributed by atoms with van der Waals surface area (Å²) in [5.74, 6) is -0.106. The third kappa shape index (κ3) is 6.29. The zero-order valence-electron chi connectivity index (χ0n) is 18.5. The first-order valence-electron chi connectivity index (χ1n) is 10.8. The number of nitrogens with zero attached hydrogens (tertiary/aromatic N) is 2. The average Bonchev–Trinajstić information content (AvgIpc) is 3.17. The zero-order chi connectivity index (χ0) is 23.1. The minimum absolute atomic E-state index is 0.0551. The molecule has 2 aromatic rings. The molecule has 0 saturated carbocycles. The maximum absolute atomic E-state index is 14.6. The van der Waals surface area contributed by atoms with E-state index in [-0.39, 0.29) is 11.5 Å². The number of halogens is 2. The summed E-state index contributed by atoms with van der Waals surface area (Å²) in [6.07, 6.45) is 4.11. The number of carbonyl (C=O) groups is 1. The third-order valence-corrected chi connectivity index (χ3v) is 6.40. The van der Waals surface area contributed by atoms with Gasteiger partial charge in [-0.05, 0) is 81.6 Å². The molecule has 1 amide bonds. The van der Waals surface area contributed by atoms with Crippen LogP contribution in [0.5, 0.6) is 5.75 Å². The van der Waals surface area contributed by atoms with Crippen LogP contribution in [0.25, 0.3) is 0 Å². The summed E-state index contributed by atoms with van der Waals surface area (Å²) in [5, 5.41) is 2.61. The molecule has 1 aliphatic rings. The van der Waals surface area contributed by atoms with E-state index in [1.165, 1.54) is 18.6 Å². The van der Waals surface area contributed by atoms with Crippen molar-refractivity contribution in [1.82, 2.24) is 10.2 Å². The number of likely N-dealkylation sites (tertiary alicyclic amines) is 1. The van der Waals surface area contributed by atoms with Gasteiger partial charge in [0.1, 0.15) is 11.6 Å². The van der Waals surface area contributed by atoms with E-state index < -0.39 is 11.7 Å². The van der Waals surface area contributed by atoms with Crippen molar-refractivity contribution in [3.63, 3.8) is 0 Å². The largest absolute Gasteiger partial charge is 0.496 e. The van der Waals surface area contributed by atoms with E-state index in [1.807, 2.05) is 18.2 Å². The molecule has 8 heteroatoms. The summed E-state index contributed by atoms with van der Waals surface area (Å²) in [6, 6.07) is 10.7. The summed E-state index contributed by atoms with van der Waals surface area (Å²) < 4.78 is 20.9. The Kier molecular flexibility index (Phi) is 8.64. The maximum Gasteiger partial charge on any atom is 0.258 e. The molecule has 1 fully saturated rings. The van der Waals surface area contributed by atoms with E-state index in [4.69, 9.17) is 10.5 Å². The number of hydrogen-bond donors (Lipinski definition) is 2. The number of benzene rings is 2. The van der Waals surface area contributed by atoms with E-state index in [0.717, 1.165) is 35.2 Å². The topological polar surface area (TPSA) is 79.9 Å². The Morgan fingerprint density at radius 3 is 2.88 bits per heavy atom. The Hall–Kier alpha value is -2.45. The van der Waals surface area contributed by atoms with Gasteiger partial charge in [0.05, 0.1) is 7.11 Å². The minimum Gasteiger partial charge on any atom is -0.496 e. The standard InChI is InChI=1S/C24H30BrFN4O2/c1-30-14-4-5-18(30)12-13-28-24(27)29-23(31)20-6-3-7-21(26)19(20)10-8-16-15-17(25)9-11-22(16)32-2/h3,6-7,9,11,15,18H,4-5,8,10,12-14H2,1-2H3,(H3,27,28,29,31). The van der Waals surface area contributed by atoms with Crippen molar-refractivity contribution in [3.8, 4) is 5.75 Å². The highest BCUT2D eigenvalue weighted by molar-refractivity contribution is 9.10. The molecule has 1 atom stereocenters. The minimum atomic E-state index is -0.458. The summed E-state index contributed by atoms with van der Waals surface area (Å²) in [7, 11) is 3.71. The van der Waals surface area contributed by atoms with Crippen LogP contribution in [-0.4, -0.2) is 50.1 Å². The predicted octanol–water partition coefficient (Wildman–Crippen LogP) is 3.91. The molecule has 32 heavy (non-hydrogen) atoms. The van der Waals surface area contributed by atoms with Crippen LogP contribution < -0.4 is 15.8 Å². The van der Waals surface area contributed by atoms with Gasteiger partial charge in [-0.15, -0.1) is 0 Å². The molecule has 6 nitrogen and oxygen atoms in total. The molecule has 0 aliphatic carbocycles. The number of rotatable bonds is 8. The number of aryl methyl sites for hydroxylation is 1. The molecule has 1 saturated heterocycles. The summed E-state index contributed by atoms with van der Waals surface area (Å²) in [6.45, 7) is 1.65. The third-order valence-electron chi connectivity index (χ3n) is 5.91. The fraction of sp³-hybridized carbons (Fsp3) is 0.417. The van der Waals surface area contributed by atoms with Gasteiger partial charge in [-0.2, -0.15) is 0 Å². The van der Waals surface area contributed by atoms with E-state index in [2.05, 4.69) is 38.2 Å². The number of guanidine groups is 1. The highest BCUT2D eigenvalue weighted by Gasteiger charge is 2.20. The monoisotopic (exact) mass is 504 g/mol. The summed E-state index contributed by atoms with van der Waals surface area (Å²) in [5.41, 5.74) is 7.45. The molecule has 0 bridgehead atoms. The Morgan fingerprint density at radius 1 is 1.34 bits per heavy atom. The van der Waals surface area contributed by atoms with Crippen molar-refractivity contribution in [2.45, 2.75) is 38.1 Å². The number of ether oxygens (including phenoxy) is 1. The second-order valence-electron chi connectivity index (χ2n) is 8.01. The van der Waals surface area contributed by atoms with Crippen molar-refractivity contribution in [1.29, 1.82) is 0 Å². The summed E-state index contributed by atoms with van der Waals surface area (Å²) in [4.78, 5) is 19.4. The fourth-order valence-electron chi connectivity index (χ4n) is 4.13. The molecule has 3 N–H and O–H groups in total. The summed E-state index contributed by atoms with van der Waals surface area (Å²) >= 11 is 3.45. The lowest BCUT2D eigenvalue weighted by molar-refractivity contribution is 0.0975. The van der Waals surface area contributed by atoms with Gasteiger partial charge in [0.15, 0.2) is 5.96 Å². The van der Waals surface area contributed by atoms with Gasteiger partial charge in [0.25, 0.3) is 5.91 Å². The van der Waals surface area contributed by atoms with Crippen LogP contribution in [-0.2, 0) is 12.8 Å². The van der Waals surface area contributed by atoms with Gasteiger partial charge < -0.3 is 15.4 Å². The van der Waals surface area contributed by atoms with Gasteiger partial charge in [0, 0.05) is 28.2 Å². The first-order valence-corrected chi connectivity index (χ1v) is 11.6. The Bertz CT molecular complexity index is 982. The first kappa shape index (κ1) is 24.2. The fourth-order valence-corrected chi connectivity index (χ4v) is 4.54. The number of aliphatic imine (C=N–C) groups is 1. The van der Waals surface area contributed by atoms with Crippen LogP contribution in [0.3, 0.4) is 0 Å². The first-order chi connectivity index (χ1) is 15.4. The number of nitrogens with two attached hydrogens (primary N) is 1. The second kappa shape index (κ2) is 11.4. The molecular weight excluding hydrogens is 475 g/mol. The quantitative estimate of drug-likeness (QED) is 0.421. The van der Waals surface area contributed by atoms with E-state index in [0.29, 0.717) is 31.0 Å². The van der Waals surface area contributed by atoms with E-state index in [9.17, 15) is 9.18 Å². The van der Waals surface area contributed by atoms with Gasteiger partial charge in [-0.3, -0.25) is 15.1 Å². The number of methoxy groups -OCH3 is 1. The highest BCUT2D eigenvalue weighted by Crippen LogP contribution is 2.25. The predicted molar refractivity (Wildman–Crippen MR) is 129 cm³/mol. The highest BCUT2D eigenvalue weighted by atomic mass is 79.9. The lowest BCUT2D eigenvalue weighted by Gasteiger charge is -2.18. The molecule has 0 spiro atoms. The van der Waals surface area contributed by atoms with Gasteiger partial charge in [-0.1, -0.05) is 22.0 Å². The van der Waals surface area contributed by atoms with Gasteiger partial charge >= 0.3 is 0 Å². The molecule has 172 valence electrons.